The van der Waals surface area contributed by atoms with Gasteiger partial charge in [0.25, 0.3) is 0 Å². The average molecular weight is 166 g/mol. The van der Waals surface area contributed by atoms with Crippen molar-refractivity contribution in [3.05, 3.63) is 12.2 Å². The van der Waals surface area contributed by atoms with Gasteiger partial charge in [-0.25, -0.2) is 0 Å². The smallest absolute Gasteiger partial charge is 0.0206 e. The molecule has 0 saturated heterocycles. The van der Waals surface area contributed by atoms with Crippen molar-refractivity contribution in [2.45, 2.75) is 46.5 Å². The Morgan fingerprint density at radius 2 is 2.08 bits per heavy atom. The van der Waals surface area contributed by atoms with Gasteiger partial charge in [0.2, 0.25) is 0 Å². The fourth-order valence-corrected chi connectivity index (χ4v) is 2.51. The first-order chi connectivity index (χ1) is 5.65. The van der Waals surface area contributed by atoms with Crippen LogP contribution in [0.5, 0.6) is 0 Å². The maximum atomic E-state index is 4.06. The molecule has 70 valence electrons. The van der Waals surface area contributed by atoms with Crippen LogP contribution in [0.15, 0.2) is 12.2 Å². The van der Waals surface area contributed by atoms with Crippen molar-refractivity contribution in [1.82, 2.24) is 0 Å². The molecular formula is C12H22. The van der Waals surface area contributed by atoms with E-state index >= 15 is 0 Å². The monoisotopic (exact) mass is 166 g/mol. The van der Waals surface area contributed by atoms with Crippen molar-refractivity contribution in [3.8, 4) is 0 Å². The van der Waals surface area contributed by atoms with Crippen molar-refractivity contribution in [2.75, 3.05) is 0 Å². The second-order valence-electron chi connectivity index (χ2n) is 4.50. The Hall–Kier alpha value is -0.260. The topological polar surface area (TPSA) is 0 Å². The molecular weight excluding hydrogens is 144 g/mol. The van der Waals surface area contributed by atoms with E-state index in [1.165, 1.54) is 31.3 Å². The normalized spacial score (nSPS) is 36.4. The predicted octanol–water partition coefficient (Wildman–Crippen LogP) is 4.02. The molecule has 1 aliphatic rings. The Morgan fingerprint density at radius 1 is 1.42 bits per heavy atom. The van der Waals surface area contributed by atoms with E-state index in [9.17, 15) is 0 Å². The third-order valence-corrected chi connectivity index (χ3v) is 3.57. The molecule has 0 aromatic heterocycles. The average Bonchev–Trinajstić information content (AvgIpc) is 2.04. The summed E-state index contributed by atoms with van der Waals surface area (Å²) in [5, 5.41) is 0. The minimum Gasteiger partial charge on any atom is -0.0999 e. The Bertz CT molecular complexity index is 157. The van der Waals surface area contributed by atoms with Gasteiger partial charge in [-0.05, 0) is 43.9 Å². The van der Waals surface area contributed by atoms with E-state index in [2.05, 4.69) is 27.4 Å². The third kappa shape index (κ3) is 2.12. The van der Waals surface area contributed by atoms with E-state index in [4.69, 9.17) is 0 Å². The van der Waals surface area contributed by atoms with Gasteiger partial charge in [-0.15, -0.1) is 0 Å². The number of hydrogen-bond donors (Lipinski definition) is 0. The summed E-state index contributed by atoms with van der Waals surface area (Å²) in [7, 11) is 0. The quantitative estimate of drug-likeness (QED) is 0.543. The van der Waals surface area contributed by atoms with E-state index in [0.717, 1.165) is 17.8 Å². The zero-order valence-corrected chi connectivity index (χ0v) is 8.77. The van der Waals surface area contributed by atoms with Crippen LogP contribution in [0.4, 0.5) is 0 Å². The summed E-state index contributed by atoms with van der Waals surface area (Å²) in [4.78, 5) is 0. The van der Waals surface area contributed by atoms with Crippen LogP contribution < -0.4 is 0 Å². The first-order valence-corrected chi connectivity index (χ1v) is 5.30. The molecule has 0 amide bonds. The summed E-state index contributed by atoms with van der Waals surface area (Å²) in [6.45, 7) is 11.0. The zero-order valence-electron chi connectivity index (χ0n) is 8.77. The molecule has 0 aromatic carbocycles. The lowest BCUT2D eigenvalue weighted by Gasteiger charge is -2.33. The molecule has 1 rings (SSSR count). The minimum absolute atomic E-state index is 0.822. The Labute approximate surface area is 77.1 Å². The molecule has 0 aliphatic heterocycles. The summed E-state index contributed by atoms with van der Waals surface area (Å²) >= 11 is 0. The summed E-state index contributed by atoms with van der Waals surface area (Å²) in [6, 6.07) is 0. The van der Waals surface area contributed by atoms with Crippen LogP contribution >= 0.6 is 0 Å². The molecule has 3 atom stereocenters. The Morgan fingerprint density at radius 3 is 2.50 bits per heavy atom. The van der Waals surface area contributed by atoms with Crippen molar-refractivity contribution >= 4 is 0 Å². The minimum atomic E-state index is 0.822. The lowest BCUT2D eigenvalue weighted by atomic mass is 9.72. The number of rotatable bonds is 2. The Kier molecular flexibility index (Phi) is 3.37. The lowest BCUT2D eigenvalue weighted by molar-refractivity contribution is 0.208. The highest BCUT2D eigenvalue weighted by molar-refractivity contribution is 4.99. The molecule has 3 unspecified atom stereocenters. The molecule has 0 bridgehead atoms. The third-order valence-electron chi connectivity index (χ3n) is 3.57. The molecule has 0 spiro atoms. The highest BCUT2D eigenvalue weighted by Gasteiger charge is 2.26. The highest BCUT2D eigenvalue weighted by Crippen LogP contribution is 2.37. The van der Waals surface area contributed by atoms with Gasteiger partial charge in [0.1, 0.15) is 0 Å². The zero-order chi connectivity index (χ0) is 9.14. The maximum Gasteiger partial charge on any atom is -0.0206 e. The van der Waals surface area contributed by atoms with Crippen molar-refractivity contribution < 1.29 is 0 Å². The van der Waals surface area contributed by atoms with Crippen molar-refractivity contribution in [2.24, 2.45) is 17.8 Å². The van der Waals surface area contributed by atoms with Gasteiger partial charge >= 0.3 is 0 Å². The highest BCUT2D eigenvalue weighted by atomic mass is 14.3. The van der Waals surface area contributed by atoms with Crippen LogP contribution in [0.2, 0.25) is 0 Å². The van der Waals surface area contributed by atoms with Crippen LogP contribution in [0.25, 0.3) is 0 Å². The molecule has 1 saturated carbocycles. The van der Waals surface area contributed by atoms with Gasteiger partial charge < -0.3 is 0 Å². The molecule has 12 heavy (non-hydrogen) atoms. The second-order valence-corrected chi connectivity index (χ2v) is 4.50. The van der Waals surface area contributed by atoms with Crippen LogP contribution in [0, 0.1) is 17.8 Å². The first kappa shape index (κ1) is 9.83. The fraction of sp³-hybridized carbons (Fsp3) is 0.833. The van der Waals surface area contributed by atoms with Gasteiger partial charge in [-0.2, -0.15) is 0 Å². The van der Waals surface area contributed by atoms with Crippen molar-refractivity contribution in [3.63, 3.8) is 0 Å². The summed E-state index contributed by atoms with van der Waals surface area (Å²) in [5.41, 5.74) is 1.40. The maximum absolute atomic E-state index is 4.06. The molecule has 0 heteroatoms. The molecule has 0 heterocycles. The summed E-state index contributed by atoms with van der Waals surface area (Å²) < 4.78 is 0. The molecule has 1 aliphatic carbocycles. The van der Waals surface area contributed by atoms with E-state index in [1.807, 2.05) is 0 Å². The number of hydrogen-bond acceptors (Lipinski definition) is 0. The van der Waals surface area contributed by atoms with E-state index in [0.29, 0.717) is 0 Å². The van der Waals surface area contributed by atoms with Crippen LogP contribution in [0.1, 0.15) is 46.5 Å². The van der Waals surface area contributed by atoms with Crippen LogP contribution in [-0.4, -0.2) is 0 Å². The van der Waals surface area contributed by atoms with Crippen LogP contribution in [-0.2, 0) is 0 Å². The van der Waals surface area contributed by atoms with Gasteiger partial charge in [0.15, 0.2) is 0 Å². The molecule has 1 fully saturated rings. The second kappa shape index (κ2) is 4.11. The van der Waals surface area contributed by atoms with Crippen molar-refractivity contribution in [1.29, 1.82) is 0 Å². The van der Waals surface area contributed by atoms with E-state index in [1.54, 1.807) is 0 Å². The van der Waals surface area contributed by atoms with Crippen LogP contribution in [0.3, 0.4) is 0 Å². The molecule has 0 radical (unpaired) electrons. The van der Waals surface area contributed by atoms with E-state index in [-0.39, 0.29) is 0 Å². The van der Waals surface area contributed by atoms with E-state index < -0.39 is 0 Å². The molecule has 0 aromatic rings. The van der Waals surface area contributed by atoms with Gasteiger partial charge in [0.05, 0.1) is 0 Å². The first-order valence-electron chi connectivity index (χ1n) is 5.30. The lowest BCUT2D eigenvalue weighted by Crippen LogP contribution is -2.22. The van der Waals surface area contributed by atoms with Gasteiger partial charge in [-0.1, -0.05) is 32.4 Å². The molecule has 0 N–H and O–H groups in total. The predicted molar refractivity (Wildman–Crippen MR) is 55.1 cm³/mol. The van der Waals surface area contributed by atoms with Gasteiger partial charge in [-0.3, -0.25) is 0 Å². The fourth-order valence-electron chi connectivity index (χ4n) is 2.51. The standard InChI is InChI=1S/C12H22/c1-5-11-6-7-12(9(2)3)8-10(11)4/h10-12H,2,5-8H2,1,3-4H3. The largest absolute Gasteiger partial charge is 0.0999 e. The summed E-state index contributed by atoms with van der Waals surface area (Å²) in [6.07, 6.45) is 5.56. The van der Waals surface area contributed by atoms with Gasteiger partial charge in [0, 0.05) is 0 Å². The Balaban J connectivity index is 2.46. The number of allylic oxidation sites excluding steroid dienone is 1. The molecule has 0 nitrogen and oxygen atoms in total. The summed E-state index contributed by atoms with van der Waals surface area (Å²) in [5.74, 6) is 2.73. The SMILES string of the molecule is C=C(C)C1CCC(CC)C(C)C1.